The standard InChI is InChI=1S/C8H8N4O2/c1-5-3-7(12(13)14)4-6(2)8(5)10-11-9/h3-4H,1-2H3. The van der Waals surface area contributed by atoms with Crippen LogP contribution in [0.5, 0.6) is 0 Å². The zero-order chi connectivity index (χ0) is 10.7. The highest BCUT2D eigenvalue weighted by Crippen LogP contribution is 2.28. The van der Waals surface area contributed by atoms with Gasteiger partial charge in [0.25, 0.3) is 5.69 Å². The van der Waals surface area contributed by atoms with E-state index < -0.39 is 4.92 Å². The van der Waals surface area contributed by atoms with Gasteiger partial charge >= 0.3 is 0 Å². The number of nitro benzene ring substituents is 1. The Hall–Kier alpha value is -2.07. The summed E-state index contributed by atoms with van der Waals surface area (Å²) < 4.78 is 0. The van der Waals surface area contributed by atoms with Crippen molar-refractivity contribution in [2.45, 2.75) is 13.8 Å². The molecule has 1 aromatic rings. The molecule has 0 atom stereocenters. The third-order valence-electron chi connectivity index (χ3n) is 1.83. The quantitative estimate of drug-likeness (QED) is 0.236. The topological polar surface area (TPSA) is 91.9 Å². The van der Waals surface area contributed by atoms with Gasteiger partial charge in [0.05, 0.1) is 4.92 Å². The molecule has 0 saturated carbocycles. The first-order valence-electron chi connectivity index (χ1n) is 3.87. The summed E-state index contributed by atoms with van der Waals surface area (Å²) in [6.45, 7) is 3.34. The molecule has 0 heterocycles. The molecule has 1 aromatic carbocycles. The summed E-state index contributed by atoms with van der Waals surface area (Å²) in [6.07, 6.45) is 0. The van der Waals surface area contributed by atoms with Gasteiger partial charge in [0.15, 0.2) is 0 Å². The highest BCUT2D eigenvalue weighted by atomic mass is 16.6. The Bertz CT molecular complexity index is 412. The lowest BCUT2D eigenvalue weighted by molar-refractivity contribution is -0.384. The molecular formula is C8H8N4O2. The van der Waals surface area contributed by atoms with Gasteiger partial charge in [-0.2, -0.15) is 0 Å². The van der Waals surface area contributed by atoms with E-state index in [1.165, 1.54) is 12.1 Å². The normalized spacial score (nSPS) is 9.29. The molecular weight excluding hydrogens is 184 g/mol. The van der Waals surface area contributed by atoms with Crippen LogP contribution in [0.15, 0.2) is 17.2 Å². The maximum absolute atomic E-state index is 10.5. The third-order valence-corrected chi connectivity index (χ3v) is 1.83. The van der Waals surface area contributed by atoms with Gasteiger partial charge in [0.1, 0.15) is 0 Å². The van der Waals surface area contributed by atoms with Crippen molar-refractivity contribution in [2.24, 2.45) is 5.11 Å². The van der Waals surface area contributed by atoms with Gasteiger partial charge in [-0.3, -0.25) is 10.1 Å². The van der Waals surface area contributed by atoms with Crippen molar-refractivity contribution < 1.29 is 4.92 Å². The van der Waals surface area contributed by atoms with Crippen molar-refractivity contribution in [1.82, 2.24) is 0 Å². The van der Waals surface area contributed by atoms with E-state index in [2.05, 4.69) is 10.0 Å². The summed E-state index contributed by atoms with van der Waals surface area (Å²) in [5.41, 5.74) is 9.95. The number of hydrogen-bond donors (Lipinski definition) is 0. The molecule has 14 heavy (non-hydrogen) atoms. The first-order valence-corrected chi connectivity index (χ1v) is 3.87. The van der Waals surface area contributed by atoms with Crippen molar-refractivity contribution in [3.63, 3.8) is 0 Å². The molecule has 1 rings (SSSR count). The zero-order valence-electron chi connectivity index (χ0n) is 7.76. The zero-order valence-corrected chi connectivity index (χ0v) is 7.76. The fourth-order valence-electron chi connectivity index (χ4n) is 1.24. The number of aryl methyl sites for hydroxylation is 2. The number of nitrogens with zero attached hydrogens (tertiary/aromatic N) is 4. The summed E-state index contributed by atoms with van der Waals surface area (Å²) >= 11 is 0. The number of non-ortho nitro benzene ring substituents is 1. The van der Waals surface area contributed by atoms with Gasteiger partial charge in [-0.1, -0.05) is 5.11 Å². The largest absolute Gasteiger partial charge is 0.269 e. The molecule has 6 heteroatoms. The highest BCUT2D eigenvalue weighted by Gasteiger charge is 2.10. The molecule has 0 unspecified atom stereocenters. The first kappa shape index (κ1) is 10.0. The van der Waals surface area contributed by atoms with Crippen LogP contribution in [0, 0.1) is 24.0 Å². The monoisotopic (exact) mass is 192 g/mol. The molecule has 0 aliphatic carbocycles. The Morgan fingerprint density at radius 2 is 1.93 bits per heavy atom. The summed E-state index contributed by atoms with van der Waals surface area (Å²) in [4.78, 5) is 12.7. The molecule has 0 aliphatic heterocycles. The second-order valence-electron chi connectivity index (χ2n) is 2.87. The summed E-state index contributed by atoms with van der Waals surface area (Å²) in [5, 5.41) is 13.9. The van der Waals surface area contributed by atoms with E-state index in [4.69, 9.17) is 5.53 Å². The Kier molecular flexibility index (Phi) is 2.69. The van der Waals surface area contributed by atoms with Gasteiger partial charge < -0.3 is 0 Å². The number of azide groups is 1. The van der Waals surface area contributed by atoms with E-state index in [0.29, 0.717) is 16.8 Å². The van der Waals surface area contributed by atoms with Crippen molar-refractivity contribution in [1.29, 1.82) is 0 Å². The van der Waals surface area contributed by atoms with Crippen LogP contribution in [-0.2, 0) is 0 Å². The molecule has 0 spiro atoms. The van der Waals surface area contributed by atoms with Crippen molar-refractivity contribution in [2.75, 3.05) is 0 Å². The van der Waals surface area contributed by atoms with E-state index in [0.717, 1.165) is 0 Å². The van der Waals surface area contributed by atoms with Gasteiger partial charge in [0, 0.05) is 22.7 Å². The molecule has 0 bridgehead atoms. The van der Waals surface area contributed by atoms with Crippen molar-refractivity contribution >= 4 is 11.4 Å². The van der Waals surface area contributed by atoms with Crippen LogP contribution < -0.4 is 0 Å². The number of benzene rings is 1. The van der Waals surface area contributed by atoms with Crippen LogP contribution in [0.2, 0.25) is 0 Å². The van der Waals surface area contributed by atoms with E-state index in [9.17, 15) is 10.1 Å². The van der Waals surface area contributed by atoms with Crippen LogP contribution in [0.3, 0.4) is 0 Å². The van der Waals surface area contributed by atoms with Crippen LogP contribution in [-0.4, -0.2) is 4.92 Å². The van der Waals surface area contributed by atoms with E-state index in [-0.39, 0.29) is 5.69 Å². The summed E-state index contributed by atoms with van der Waals surface area (Å²) in [6, 6.07) is 2.77. The minimum absolute atomic E-state index is 0.0110. The number of nitro groups is 1. The van der Waals surface area contributed by atoms with Gasteiger partial charge in [0.2, 0.25) is 0 Å². The fraction of sp³-hybridized carbons (Fsp3) is 0.250. The number of hydrogen-bond acceptors (Lipinski definition) is 3. The average molecular weight is 192 g/mol. The van der Waals surface area contributed by atoms with Crippen molar-refractivity contribution in [3.05, 3.63) is 43.8 Å². The Morgan fingerprint density at radius 1 is 1.43 bits per heavy atom. The molecule has 72 valence electrons. The van der Waals surface area contributed by atoms with E-state index in [1.54, 1.807) is 13.8 Å². The maximum atomic E-state index is 10.5. The Balaban J connectivity index is 3.39. The number of rotatable bonds is 2. The predicted octanol–water partition coefficient (Wildman–Crippen LogP) is 3.15. The smallest absolute Gasteiger partial charge is 0.258 e. The lowest BCUT2D eigenvalue weighted by Crippen LogP contribution is -1.90. The first-order chi connectivity index (χ1) is 6.56. The average Bonchev–Trinajstić information content (AvgIpc) is 2.10. The Morgan fingerprint density at radius 3 is 2.29 bits per heavy atom. The molecule has 0 aromatic heterocycles. The molecule has 0 fully saturated rings. The van der Waals surface area contributed by atoms with Gasteiger partial charge in [-0.05, 0) is 30.5 Å². The summed E-state index contributed by atoms with van der Waals surface area (Å²) in [7, 11) is 0. The van der Waals surface area contributed by atoms with E-state index in [1.807, 2.05) is 0 Å². The Labute approximate surface area is 79.9 Å². The highest BCUT2D eigenvalue weighted by molar-refractivity contribution is 5.57. The molecule has 6 nitrogen and oxygen atoms in total. The molecule has 0 aliphatic rings. The second-order valence-corrected chi connectivity index (χ2v) is 2.87. The fourth-order valence-corrected chi connectivity index (χ4v) is 1.24. The molecule has 0 amide bonds. The lowest BCUT2D eigenvalue weighted by atomic mass is 10.1. The molecule has 0 saturated heterocycles. The maximum Gasteiger partial charge on any atom is 0.269 e. The van der Waals surface area contributed by atoms with Crippen LogP contribution >= 0.6 is 0 Å². The third kappa shape index (κ3) is 1.81. The SMILES string of the molecule is Cc1cc([N+](=O)[O-])cc(C)c1N=[N+]=[N-]. The molecule has 0 radical (unpaired) electrons. The van der Waals surface area contributed by atoms with Gasteiger partial charge in [-0.15, -0.1) is 0 Å². The van der Waals surface area contributed by atoms with Crippen molar-refractivity contribution in [3.8, 4) is 0 Å². The van der Waals surface area contributed by atoms with Crippen LogP contribution in [0.4, 0.5) is 11.4 Å². The second kappa shape index (κ2) is 3.76. The summed E-state index contributed by atoms with van der Waals surface area (Å²) in [5.74, 6) is 0. The van der Waals surface area contributed by atoms with Crippen LogP contribution in [0.25, 0.3) is 10.4 Å². The minimum atomic E-state index is -0.472. The minimum Gasteiger partial charge on any atom is -0.258 e. The van der Waals surface area contributed by atoms with E-state index >= 15 is 0 Å². The van der Waals surface area contributed by atoms with Gasteiger partial charge in [-0.25, -0.2) is 0 Å². The predicted molar refractivity (Wildman–Crippen MR) is 51.4 cm³/mol. The van der Waals surface area contributed by atoms with Crippen LogP contribution in [0.1, 0.15) is 11.1 Å². The molecule has 0 N–H and O–H groups in total. The lowest BCUT2D eigenvalue weighted by Gasteiger charge is -2.02.